The van der Waals surface area contributed by atoms with Crippen molar-refractivity contribution in [3.63, 3.8) is 0 Å². The van der Waals surface area contributed by atoms with Crippen molar-refractivity contribution in [2.75, 3.05) is 0 Å². The van der Waals surface area contributed by atoms with E-state index in [2.05, 4.69) is 29.0 Å². The molecular formula is C17H24N4O2S. The Balaban J connectivity index is 2.17. The van der Waals surface area contributed by atoms with Crippen LogP contribution in [0.3, 0.4) is 0 Å². The third-order valence-electron chi connectivity index (χ3n) is 3.77. The van der Waals surface area contributed by atoms with Crippen LogP contribution in [0.1, 0.15) is 34.1 Å². The fraction of sp³-hybridized carbons (Fsp3) is 0.471. The number of carbonyl (C=O) groups is 1. The van der Waals surface area contributed by atoms with Gasteiger partial charge in [0.25, 0.3) is 0 Å². The zero-order chi connectivity index (χ0) is 17.7. The van der Waals surface area contributed by atoms with Crippen molar-refractivity contribution in [1.29, 1.82) is 0 Å². The molecule has 1 atom stereocenters. The molecule has 2 rings (SSSR count). The summed E-state index contributed by atoms with van der Waals surface area (Å²) in [6, 6.07) is 3.63. The number of furan rings is 1. The first kappa shape index (κ1) is 18.3. The molecule has 0 fully saturated rings. The van der Waals surface area contributed by atoms with Crippen LogP contribution in [0.4, 0.5) is 0 Å². The average molecular weight is 348 g/mol. The van der Waals surface area contributed by atoms with E-state index < -0.39 is 0 Å². The molecular weight excluding hydrogens is 324 g/mol. The van der Waals surface area contributed by atoms with Crippen LogP contribution in [0.15, 0.2) is 40.6 Å². The van der Waals surface area contributed by atoms with E-state index in [0.717, 1.165) is 6.42 Å². The average Bonchev–Trinajstić information content (AvgIpc) is 3.17. The Morgan fingerprint density at radius 2 is 2.29 bits per heavy atom. The summed E-state index contributed by atoms with van der Waals surface area (Å²) in [5.41, 5.74) is -0.222. The van der Waals surface area contributed by atoms with Crippen LogP contribution in [-0.2, 0) is 11.3 Å². The topological polar surface area (TPSA) is 73.0 Å². The zero-order valence-electron chi connectivity index (χ0n) is 14.6. The van der Waals surface area contributed by atoms with E-state index in [0.29, 0.717) is 23.3 Å². The van der Waals surface area contributed by atoms with E-state index in [-0.39, 0.29) is 16.7 Å². The van der Waals surface area contributed by atoms with Crippen molar-refractivity contribution in [2.45, 2.75) is 56.6 Å². The van der Waals surface area contributed by atoms with E-state index in [1.807, 2.05) is 31.4 Å². The molecule has 0 aromatic carbocycles. The Kier molecular flexibility index (Phi) is 5.88. The second kappa shape index (κ2) is 7.70. The first-order valence-corrected chi connectivity index (χ1v) is 8.82. The summed E-state index contributed by atoms with van der Waals surface area (Å²) in [6.07, 6.45) is 4.23. The number of carbonyl (C=O) groups excluding carboxylic acids is 1. The predicted molar refractivity (Wildman–Crippen MR) is 95.8 cm³/mol. The summed E-state index contributed by atoms with van der Waals surface area (Å²) in [4.78, 5) is 12.4. The largest absolute Gasteiger partial charge is 0.461 e. The van der Waals surface area contributed by atoms with Gasteiger partial charge >= 0.3 is 0 Å². The van der Waals surface area contributed by atoms with Crippen LogP contribution in [0, 0.1) is 0 Å². The van der Waals surface area contributed by atoms with Gasteiger partial charge in [0.1, 0.15) is 0 Å². The Hall–Kier alpha value is -2.02. The normalized spacial score (nSPS) is 12.8. The lowest BCUT2D eigenvalue weighted by Gasteiger charge is -2.26. The van der Waals surface area contributed by atoms with E-state index >= 15 is 0 Å². The van der Waals surface area contributed by atoms with Crippen LogP contribution in [0.25, 0.3) is 11.6 Å². The molecule has 1 unspecified atom stereocenters. The fourth-order valence-electron chi connectivity index (χ4n) is 1.99. The molecule has 7 heteroatoms. The molecule has 0 saturated carbocycles. The molecule has 6 nitrogen and oxygen atoms in total. The highest BCUT2D eigenvalue weighted by atomic mass is 32.2. The van der Waals surface area contributed by atoms with Crippen molar-refractivity contribution in [2.24, 2.45) is 0 Å². The van der Waals surface area contributed by atoms with Crippen molar-refractivity contribution in [3.8, 4) is 11.6 Å². The van der Waals surface area contributed by atoms with Gasteiger partial charge in [-0.15, -0.1) is 16.8 Å². The predicted octanol–water partition coefficient (Wildman–Crippen LogP) is 3.51. The van der Waals surface area contributed by atoms with Gasteiger partial charge in [0.2, 0.25) is 11.7 Å². The third-order valence-corrected chi connectivity index (χ3v) is 4.85. The molecule has 0 bridgehead atoms. The van der Waals surface area contributed by atoms with Crippen LogP contribution >= 0.6 is 11.8 Å². The minimum absolute atomic E-state index is 0.0143. The maximum Gasteiger partial charge on any atom is 0.233 e. The van der Waals surface area contributed by atoms with E-state index in [4.69, 9.17) is 4.42 Å². The number of rotatable bonds is 8. The molecule has 130 valence electrons. The Morgan fingerprint density at radius 3 is 2.88 bits per heavy atom. The molecule has 2 heterocycles. The Bertz CT molecular complexity index is 692. The number of amides is 1. The number of aromatic nitrogens is 3. The van der Waals surface area contributed by atoms with Gasteiger partial charge in [0, 0.05) is 12.1 Å². The molecule has 2 aromatic heterocycles. The highest BCUT2D eigenvalue weighted by Crippen LogP contribution is 2.27. The minimum Gasteiger partial charge on any atom is -0.461 e. The lowest BCUT2D eigenvalue weighted by molar-refractivity contribution is -0.121. The number of hydrogen-bond acceptors (Lipinski definition) is 5. The second-order valence-electron chi connectivity index (χ2n) is 6.17. The molecule has 0 aliphatic rings. The molecule has 0 spiro atoms. The first-order chi connectivity index (χ1) is 11.4. The molecule has 2 aromatic rings. The summed E-state index contributed by atoms with van der Waals surface area (Å²) in [6.45, 7) is 12.3. The van der Waals surface area contributed by atoms with Gasteiger partial charge in [0.15, 0.2) is 10.9 Å². The summed E-state index contributed by atoms with van der Waals surface area (Å²) >= 11 is 1.38. The molecule has 24 heavy (non-hydrogen) atoms. The van der Waals surface area contributed by atoms with Crippen molar-refractivity contribution in [3.05, 3.63) is 31.1 Å². The Morgan fingerprint density at radius 1 is 1.54 bits per heavy atom. The standard InChI is InChI=1S/C17H24N4O2S/c1-6-10-21-14(13-9-8-11-23-13)19-20-16(21)24-12(3)15(22)18-17(4,5)7-2/h6,8-9,11-12H,1,7,10H2,2-5H3,(H,18,22). The van der Waals surface area contributed by atoms with Gasteiger partial charge in [-0.3, -0.25) is 9.36 Å². The van der Waals surface area contributed by atoms with Gasteiger partial charge in [-0.05, 0) is 39.3 Å². The summed E-state index contributed by atoms with van der Waals surface area (Å²) < 4.78 is 7.30. The van der Waals surface area contributed by atoms with Crippen LogP contribution in [0.2, 0.25) is 0 Å². The fourth-order valence-corrected chi connectivity index (χ4v) is 2.85. The Labute approximate surface area is 146 Å². The molecule has 0 radical (unpaired) electrons. The highest BCUT2D eigenvalue weighted by Gasteiger charge is 2.25. The van der Waals surface area contributed by atoms with E-state index in [1.54, 1.807) is 18.4 Å². The number of thioether (sulfide) groups is 1. The smallest absolute Gasteiger partial charge is 0.233 e. The molecule has 1 N–H and O–H groups in total. The van der Waals surface area contributed by atoms with Crippen molar-refractivity contribution < 1.29 is 9.21 Å². The van der Waals surface area contributed by atoms with E-state index in [1.165, 1.54) is 11.8 Å². The van der Waals surface area contributed by atoms with E-state index in [9.17, 15) is 4.79 Å². The zero-order valence-corrected chi connectivity index (χ0v) is 15.4. The van der Waals surface area contributed by atoms with Gasteiger partial charge in [-0.2, -0.15) is 0 Å². The first-order valence-electron chi connectivity index (χ1n) is 7.94. The monoisotopic (exact) mass is 348 g/mol. The number of nitrogens with zero attached hydrogens (tertiary/aromatic N) is 3. The lowest BCUT2D eigenvalue weighted by Crippen LogP contribution is -2.46. The quantitative estimate of drug-likeness (QED) is 0.584. The highest BCUT2D eigenvalue weighted by molar-refractivity contribution is 8.00. The van der Waals surface area contributed by atoms with Crippen LogP contribution < -0.4 is 5.32 Å². The number of hydrogen-bond donors (Lipinski definition) is 1. The van der Waals surface area contributed by atoms with Crippen LogP contribution in [-0.4, -0.2) is 31.5 Å². The van der Waals surface area contributed by atoms with Gasteiger partial charge in [0.05, 0.1) is 11.5 Å². The van der Waals surface area contributed by atoms with Gasteiger partial charge in [-0.25, -0.2) is 0 Å². The maximum atomic E-state index is 12.4. The molecule has 0 aliphatic carbocycles. The summed E-state index contributed by atoms with van der Waals surface area (Å²) in [5, 5.41) is 11.9. The summed E-state index contributed by atoms with van der Waals surface area (Å²) in [7, 11) is 0. The van der Waals surface area contributed by atoms with Crippen LogP contribution in [0.5, 0.6) is 0 Å². The molecule has 0 aliphatic heterocycles. The van der Waals surface area contributed by atoms with Crippen molar-refractivity contribution in [1.82, 2.24) is 20.1 Å². The lowest BCUT2D eigenvalue weighted by atomic mass is 10.0. The number of allylic oxidation sites excluding steroid dienone is 1. The molecule has 1 amide bonds. The van der Waals surface area contributed by atoms with Gasteiger partial charge < -0.3 is 9.73 Å². The minimum atomic E-state index is -0.284. The van der Waals surface area contributed by atoms with Crippen molar-refractivity contribution >= 4 is 17.7 Å². The SMILES string of the molecule is C=CCn1c(SC(C)C(=O)NC(C)(C)CC)nnc1-c1ccco1. The maximum absolute atomic E-state index is 12.4. The second-order valence-corrected chi connectivity index (χ2v) is 7.48. The van der Waals surface area contributed by atoms with Gasteiger partial charge in [-0.1, -0.05) is 24.8 Å². The number of nitrogens with one attached hydrogen (secondary N) is 1. The summed E-state index contributed by atoms with van der Waals surface area (Å²) in [5.74, 6) is 1.25. The third kappa shape index (κ3) is 4.29. The molecule has 0 saturated heterocycles.